The third-order valence-corrected chi connectivity index (χ3v) is 3.21. The summed E-state index contributed by atoms with van der Waals surface area (Å²) in [7, 11) is 0. The molecule has 0 amide bonds. The van der Waals surface area contributed by atoms with E-state index in [0.29, 0.717) is 12.5 Å². The van der Waals surface area contributed by atoms with Gasteiger partial charge in [-0.25, -0.2) is 9.37 Å². The summed E-state index contributed by atoms with van der Waals surface area (Å²) >= 11 is 0. The van der Waals surface area contributed by atoms with Crippen LogP contribution in [-0.4, -0.2) is 16.1 Å². The minimum Gasteiger partial charge on any atom is -0.328 e. The summed E-state index contributed by atoms with van der Waals surface area (Å²) in [4.78, 5) is 4.21. The van der Waals surface area contributed by atoms with Crippen molar-refractivity contribution in [2.75, 3.05) is 6.54 Å². The van der Waals surface area contributed by atoms with Gasteiger partial charge in [0.05, 0.1) is 18.2 Å². The van der Waals surface area contributed by atoms with Crippen molar-refractivity contribution in [3.8, 4) is 11.3 Å². The SMILES string of the molecule is CC(C)CC(CN)n1cncc1-c1ccc(F)cc1. The number of nitrogens with two attached hydrogens (primary N) is 1. The van der Waals surface area contributed by atoms with Gasteiger partial charge in [0.1, 0.15) is 5.82 Å². The zero-order chi connectivity index (χ0) is 13.8. The van der Waals surface area contributed by atoms with Crippen molar-refractivity contribution in [3.05, 3.63) is 42.6 Å². The standard InChI is InChI=1S/C15H20FN3/c1-11(2)7-14(8-17)19-10-18-9-15(19)12-3-5-13(16)6-4-12/h3-6,9-11,14H,7-8,17H2,1-2H3. The van der Waals surface area contributed by atoms with Gasteiger partial charge >= 0.3 is 0 Å². The molecule has 1 aromatic carbocycles. The number of hydrogen-bond donors (Lipinski definition) is 1. The molecule has 0 radical (unpaired) electrons. The highest BCUT2D eigenvalue weighted by atomic mass is 19.1. The highest BCUT2D eigenvalue weighted by Gasteiger charge is 2.15. The molecule has 1 atom stereocenters. The van der Waals surface area contributed by atoms with Crippen molar-refractivity contribution in [3.63, 3.8) is 0 Å². The van der Waals surface area contributed by atoms with Gasteiger partial charge in [-0.05, 0) is 42.2 Å². The molecule has 0 aliphatic rings. The number of aromatic nitrogens is 2. The lowest BCUT2D eigenvalue weighted by molar-refractivity contribution is 0.410. The van der Waals surface area contributed by atoms with Crippen LogP contribution in [0.25, 0.3) is 11.3 Å². The van der Waals surface area contributed by atoms with Crippen LogP contribution >= 0.6 is 0 Å². The molecule has 0 saturated carbocycles. The molecule has 1 aromatic heterocycles. The number of halogens is 1. The molecule has 2 aromatic rings. The Morgan fingerprint density at radius 3 is 2.53 bits per heavy atom. The Bertz CT molecular complexity index is 516. The fourth-order valence-corrected chi connectivity index (χ4v) is 2.31. The average molecular weight is 261 g/mol. The Morgan fingerprint density at radius 2 is 1.95 bits per heavy atom. The number of hydrogen-bond acceptors (Lipinski definition) is 2. The third-order valence-electron chi connectivity index (χ3n) is 3.21. The van der Waals surface area contributed by atoms with Crippen LogP contribution in [0, 0.1) is 11.7 Å². The summed E-state index contributed by atoms with van der Waals surface area (Å²) in [5.41, 5.74) is 7.82. The normalized spacial score (nSPS) is 12.9. The molecule has 4 heteroatoms. The Labute approximate surface area is 113 Å². The molecule has 3 nitrogen and oxygen atoms in total. The summed E-state index contributed by atoms with van der Waals surface area (Å²) in [6, 6.07) is 6.69. The zero-order valence-corrected chi connectivity index (χ0v) is 11.4. The second-order valence-corrected chi connectivity index (χ2v) is 5.21. The van der Waals surface area contributed by atoms with Crippen LogP contribution in [-0.2, 0) is 0 Å². The molecule has 2 N–H and O–H groups in total. The summed E-state index contributed by atoms with van der Waals surface area (Å²) in [6.07, 6.45) is 4.61. The van der Waals surface area contributed by atoms with Crippen molar-refractivity contribution < 1.29 is 4.39 Å². The summed E-state index contributed by atoms with van der Waals surface area (Å²) in [5, 5.41) is 0. The van der Waals surface area contributed by atoms with E-state index in [1.807, 2.05) is 0 Å². The Balaban J connectivity index is 2.33. The maximum absolute atomic E-state index is 13.0. The van der Waals surface area contributed by atoms with Gasteiger partial charge in [0.15, 0.2) is 0 Å². The largest absolute Gasteiger partial charge is 0.328 e. The lowest BCUT2D eigenvalue weighted by Crippen LogP contribution is -2.21. The number of rotatable bonds is 5. The molecule has 0 aliphatic heterocycles. The topological polar surface area (TPSA) is 43.8 Å². The summed E-state index contributed by atoms with van der Waals surface area (Å²) in [5.74, 6) is 0.337. The fourth-order valence-electron chi connectivity index (χ4n) is 2.31. The van der Waals surface area contributed by atoms with Gasteiger partial charge in [0.2, 0.25) is 0 Å². The highest BCUT2D eigenvalue weighted by Crippen LogP contribution is 2.25. The third kappa shape index (κ3) is 3.20. The van der Waals surface area contributed by atoms with Crippen LogP contribution in [0.1, 0.15) is 26.3 Å². The zero-order valence-electron chi connectivity index (χ0n) is 11.4. The van der Waals surface area contributed by atoms with E-state index >= 15 is 0 Å². The molecule has 0 fully saturated rings. The van der Waals surface area contributed by atoms with Crippen molar-refractivity contribution in [1.29, 1.82) is 0 Å². The van der Waals surface area contributed by atoms with E-state index in [1.54, 1.807) is 24.7 Å². The second kappa shape index (κ2) is 5.97. The van der Waals surface area contributed by atoms with Crippen LogP contribution in [0.4, 0.5) is 4.39 Å². The fraction of sp³-hybridized carbons (Fsp3) is 0.400. The average Bonchev–Trinajstić information content (AvgIpc) is 2.85. The smallest absolute Gasteiger partial charge is 0.123 e. The van der Waals surface area contributed by atoms with Crippen LogP contribution in [0.2, 0.25) is 0 Å². The van der Waals surface area contributed by atoms with Gasteiger partial charge in [-0.3, -0.25) is 0 Å². The van der Waals surface area contributed by atoms with Gasteiger partial charge in [-0.2, -0.15) is 0 Å². The van der Waals surface area contributed by atoms with Crippen molar-refractivity contribution >= 4 is 0 Å². The van der Waals surface area contributed by atoms with Crippen molar-refractivity contribution in [2.24, 2.45) is 11.7 Å². The van der Waals surface area contributed by atoms with Gasteiger partial charge in [-0.15, -0.1) is 0 Å². The number of benzene rings is 1. The van der Waals surface area contributed by atoms with E-state index < -0.39 is 0 Å². The van der Waals surface area contributed by atoms with E-state index in [9.17, 15) is 4.39 Å². The van der Waals surface area contributed by atoms with Crippen molar-refractivity contribution in [2.45, 2.75) is 26.3 Å². The van der Waals surface area contributed by atoms with E-state index in [-0.39, 0.29) is 11.9 Å². The quantitative estimate of drug-likeness (QED) is 0.898. The molecule has 0 aliphatic carbocycles. The first-order valence-electron chi connectivity index (χ1n) is 6.59. The number of nitrogens with zero attached hydrogens (tertiary/aromatic N) is 2. The Hall–Kier alpha value is -1.68. The second-order valence-electron chi connectivity index (χ2n) is 5.21. The molecule has 102 valence electrons. The van der Waals surface area contributed by atoms with Crippen molar-refractivity contribution in [1.82, 2.24) is 9.55 Å². The molecular weight excluding hydrogens is 241 g/mol. The molecule has 0 spiro atoms. The van der Waals surface area contributed by atoms with E-state index in [1.165, 1.54) is 12.1 Å². The highest BCUT2D eigenvalue weighted by molar-refractivity contribution is 5.58. The van der Waals surface area contributed by atoms with Gasteiger partial charge in [0.25, 0.3) is 0 Å². The first-order chi connectivity index (χ1) is 9.11. The predicted molar refractivity (Wildman–Crippen MR) is 75.2 cm³/mol. The van der Waals surface area contributed by atoms with Gasteiger partial charge < -0.3 is 10.3 Å². The maximum Gasteiger partial charge on any atom is 0.123 e. The predicted octanol–water partition coefficient (Wildman–Crippen LogP) is 3.24. The van der Waals surface area contributed by atoms with Gasteiger partial charge in [-0.1, -0.05) is 13.8 Å². The molecule has 1 heterocycles. The summed E-state index contributed by atoms with van der Waals surface area (Å²) < 4.78 is 15.1. The van der Waals surface area contributed by atoms with Gasteiger partial charge in [0, 0.05) is 12.6 Å². The lowest BCUT2D eigenvalue weighted by Gasteiger charge is -2.21. The Morgan fingerprint density at radius 1 is 1.26 bits per heavy atom. The lowest BCUT2D eigenvalue weighted by atomic mass is 10.0. The van der Waals surface area contributed by atoms with Crippen LogP contribution in [0.5, 0.6) is 0 Å². The van der Waals surface area contributed by atoms with E-state index in [0.717, 1.165) is 17.7 Å². The van der Waals surface area contributed by atoms with E-state index in [2.05, 4.69) is 23.4 Å². The first kappa shape index (κ1) is 13.7. The number of imidazole rings is 1. The minimum atomic E-state index is -0.229. The maximum atomic E-state index is 13.0. The van der Waals surface area contributed by atoms with Crippen LogP contribution in [0.3, 0.4) is 0 Å². The van der Waals surface area contributed by atoms with Crippen LogP contribution in [0.15, 0.2) is 36.8 Å². The first-order valence-corrected chi connectivity index (χ1v) is 6.59. The molecular formula is C15H20FN3. The molecule has 1 unspecified atom stereocenters. The molecule has 19 heavy (non-hydrogen) atoms. The minimum absolute atomic E-state index is 0.225. The van der Waals surface area contributed by atoms with Crippen LogP contribution < -0.4 is 5.73 Å². The molecule has 0 bridgehead atoms. The monoisotopic (exact) mass is 261 g/mol. The Kier molecular flexibility index (Phi) is 4.32. The molecule has 2 rings (SSSR count). The molecule has 0 saturated heterocycles. The van der Waals surface area contributed by atoms with E-state index in [4.69, 9.17) is 5.73 Å². The summed E-state index contributed by atoms with van der Waals surface area (Å²) in [6.45, 7) is 4.93.